The summed E-state index contributed by atoms with van der Waals surface area (Å²) in [5, 5.41) is 0.541. The van der Waals surface area contributed by atoms with Crippen molar-refractivity contribution in [2.24, 2.45) is 0 Å². The van der Waals surface area contributed by atoms with Gasteiger partial charge in [0.25, 0.3) is 0 Å². The van der Waals surface area contributed by atoms with Gasteiger partial charge < -0.3 is 9.47 Å². The van der Waals surface area contributed by atoms with Crippen LogP contribution in [0.25, 0.3) is 6.08 Å². The monoisotopic (exact) mass is 342 g/mol. The number of hydrogen-bond acceptors (Lipinski definition) is 4. The summed E-state index contributed by atoms with van der Waals surface area (Å²) < 4.78 is 11.2. The van der Waals surface area contributed by atoms with Gasteiger partial charge in [-0.2, -0.15) is 0 Å². The van der Waals surface area contributed by atoms with Gasteiger partial charge in [-0.25, -0.2) is 0 Å². The molecular formula is C19H15ClO4. The summed E-state index contributed by atoms with van der Waals surface area (Å²) in [6, 6.07) is 10.5. The normalized spacial score (nSPS) is 14.5. The van der Waals surface area contributed by atoms with Gasteiger partial charge in [-0.1, -0.05) is 29.8 Å². The predicted molar refractivity (Wildman–Crippen MR) is 91.7 cm³/mol. The number of allylic oxidation sites excluding steroid dienone is 1. The smallest absolute Gasteiger partial charge is 0.231 e. The van der Waals surface area contributed by atoms with Crippen LogP contribution >= 0.6 is 11.6 Å². The van der Waals surface area contributed by atoms with Crippen LogP contribution in [0.1, 0.15) is 28.4 Å². The highest BCUT2D eigenvalue weighted by atomic mass is 35.5. The van der Waals surface area contributed by atoms with Crippen LogP contribution in [0.15, 0.2) is 42.2 Å². The molecule has 122 valence electrons. The molecule has 24 heavy (non-hydrogen) atoms. The first-order valence-corrected chi connectivity index (χ1v) is 7.80. The second kappa shape index (κ2) is 6.49. The minimum Gasteiger partial charge on any atom is -0.485 e. The minimum absolute atomic E-state index is 0.0180. The maximum Gasteiger partial charge on any atom is 0.231 e. The molecule has 0 saturated heterocycles. The van der Waals surface area contributed by atoms with E-state index >= 15 is 0 Å². The quantitative estimate of drug-likeness (QED) is 0.780. The van der Waals surface area contributed by atoms with Crippen LogP contribution in [-0.4, -0.2) is 18.2 Å². The lowest BCUT2D eigenvalue weighted by atomic mass is 10.1. The Balaban J connectivity index is 1.94. The molecule has 1 heterocycles. The van der Waals surface area contributed by atoms with Crippen LogP contribution in [0.4, 0.5) is 0 Å². The Morgan fingerprint density at radius 2 is 2.00 bits per heavy atom. The lowest BCUT2D eigenvalue weighted by Crippen LogP contribution is -2.07. The molecule has 5 heteroatoms. The van der Waals surface area contributed by atoms with E-state index in [1.165, 1.54) is 6.92 Å². The van der Waals surface area contributed by atoms with Crippen LogP contribution in [0.2, 0.25) is 5.02 Å². The molecule has 0 atom stereocenters. The fourth-order valence-electron chi connectivity index (χ4n) is 2.44. The van der Waals surface area contributed by atoms with E-state index in [9.17, 15) is 9.59 Å². The Hall–Kier alpha value is -2.59. The predicted octanol–water partition coefficient (Wildman–Crippen LogP) is 4.23. The van der Waals surface area contributed by atoms with E-state index in [1.54, 1.807) is 31.2 Å². The average molecular weight is 343 g/mol. The molecule has 2 aromatic carbocycles. The van der Waals surface area contributed by atoms with Crippen molar-refractivity contribution in [3.8, 4) is 11.5 Å². The highest BCUT2D eigenvalue weighted by molar-refractivity contribution is 6.32. The zero-order valence-electron chi connectivity index (χ0n) is 13.3. The highest BCUT2D eigenvalue weighted by Gasteiger charge is 2.30. The van der Waals surface area contributed by atoms with Crippen LogP contribution in [0.5, 0.6) is 11.5 Å². The molecule has 0 spiro atoms. The van der Waals surface area contributed by atoms with Crippen molar-refractivity contribution in [1.82, 2.24) is 0 Å². The third-order valence-electron chi connectivity index (χ3n) is 3.66. The van der Waals surface area contributed by atoms with Gasteiger partial charge in [0.05, 0.1) is 5.56 Å². The largest absolute Gasteiger partial charge is 0.485 e. The minimum atomic E-state index is -0.203. The summed E-state index contributed by atoms with van der Waals surface area (Å²) in [6.07, 6.45) is 1.63. The lowest BCUT2D eigenvalue weighted by molar-refractivity contribution is -0.118. The molecule has 0 aromatic heterocycles. The number of hydrogen-bond donors (Lipinski definition) is 0. The Morgan fingerprint density at radius 1 is 1.25 bits per heavy atom. The number of fused-ring (bicyclic) bond motifs is 1. The number of carbonyl (C=O) groups is 2. The zero-order chi connectivity index (χ0) is 17.3. The number of halogens is 1. The number of Topliss-reactive ketones (excluding diaryl/α,β-unsaturated/α-hetero) is 2. The van der Waals surface area contributed by atoms with Gasteiger partial charge in [-0.05, 0) is 43.7 Å². The lowest BCUT2D eigenvalue weighted by Gasteiger charge is -2.10. The molecule has 0 unspecified atom stereocenters. The van der Waals surface area contributed by atoms with Gasteiger partial charge in [-0.15, -0.1) is 0 Å². The van der Waals surface area contributed by atoms with Crippen molar-refractivity contribution in [2.75, 3.05) is 6.61 Å². The second-order valence-corrected chi connectivity index (χ2v) is 5.92. The summed E-state index contributed by atoms with van der Waals surface area (Å²) in [4.78, 5) is 23.6. The van der Waals surface area contributed by atoms with Crippen LogP contribution in [0.3, 0.4) is 0 Å². The molecule has 0 fully saturated rings. The van der Waals surface area contributed by atoms with E-state index in [-0.39, 0.29) is 23.9 Å². The first kappa shape index (κ1) is 16.3. The third-order valence-corrected chi connectivity index (χ3v) is 4.00. The molecular weight excluding hydrogens is 328 g/mol. The molecule has 0 amide bonds. The van der Waals surface area contributed by atoms with E-state index in [0.717, 1.165) is 0 Å². The number of benzene rings is 2. The molecule has 2 aromatic rings. The fourth-order valence-corrected chi connectivity index (χ4v) is 2.63. The van der Waals surface area contributed by atoms with Gasteiger partial charge in [0, 0.05) is 10.6 Å². The third kappa shape index (κ3) is 3.05. The molecule has 0 N–H and O–H groups in total. The molecule has 0 aliphatic carbocycles. The number of rotatable bonds is 4. The maximum atomic E-state index is 12.5. The first-order valence-electron chi connectivity index (χ1n) is 7.42. The van der Waals surface area contributed by atoms with Crippen LogP contribution < -0.4 is 9.47 Å². The van der Waals surface area contributed by atoms with Crippen molar-refractivity contribution in [2.45, 2.75) is 13.8 Å². The van der Waals surface area contributed by atoms with Crippen molar-refractivity contribution >= 4 is 29.2 Å². The molecule has 1 aliphatic rings. The Morgan fingerprint density at radius 3 is 2.71 bits per heavy atom. The van der Waals surface area contributed by atoms with Crippen molar-refractivity contribution < 1.29 is 19.1 Å². The fraction of sp³-hybridized carbons (Fsp3) is 0.158. The number of carbonyl (C=O) groups excluding carboxylic acids is 2. The van der Waals surface area contributed by atoms with Crippen molar-refractivity contribution in [3.05, 3.63) is 63.9 Å². The topological polar surface area (TPSA) is 52.6 Å². The molecule has 0 radical (unpaired) electrons. The highest BCUT2D eigenvalue weighted by Crippen LogP contribution is 2.39. The summed E-state index contributed by atoms with van der Waals surface area (Å²) in [6.45, 7) is 3.23. The number of ether oxygens (including phenoxy) is 2. The molecule has 1 aliphatic heterocycles. The number of ketones is 2. The Kier molecular flexibility index (Phi) is 4.40. The van der Waals surface area contributed by atoms with Crippen molar-refractivity contribution in [3.63, 3.8) is 0 Å². The van der Waals surface area contributed by atoms with E-state index in [2.05, 4.69) is 0 Å². The van der Waals surface area contributed by atoms with Gasteiger partial charge in [0.15, 0.2) is 11.5 Å². The van der Waals surface area contributed by atoms with Gasteiger partial charge in [0.1, 0.15) is 18.1 Å². The second-order valence-electron chi connectivity index (χ2n) is 5.52. The SMILES string of the molecule is CC(=O)COc1ccc2c(c1C)O/C(=C\c1ccccc1Cl)C2=O. The van der Waals surface area contributed by atoms with Crippen LogP contribution in [0, 0.1) is 6.92 Å². The molecule has 0 bridgehead atoms. The summed E-state index contributed by atoms with van der Waals surface area (Å²) >= 11 is 6.13. The first-order chi connectivity index (χ1) is 11.5. The van der Waals surface area contributed by atoms with E-state index in [4.69, 9.17) is 21.1 Å². The summed E-state index contributed by atoms with van der Waals surface area (Å²) in [5.74, 6) is 0.914. The zero-order valence-corrected chi connectivity index (χ0v) is 14.0. The summed E-state index contributed by atoms with van der Waals surface area (Å²) in [7, 11) is 0. The van der Waals surface area contributed by atoms with Gasteiger partial charge in [-0.3, -0.25) is 9.59 Å². The molecule has 0 saturated carbocycles. The van der Waals surface area contributed by atoms with E-state index < -0.39 is 0 Å². The Labute approximate surface area is 144 Å². The van der Waals surface area contributed by atoms with E-state index in [1.807, 2.05) is 18.2 Å². The van der Waals surface area contributed by atoms with Crippen LogP contribution in [-0.2, 0) is 4.79 Å². The molecule has 3 rings (SSSR count). The van der Waals surface area contributed by atoms with Crippen molar-refractivity contribution in [1.29, 1.82) is 0 Å². The maximum absolute atomic E-state index is 12.5. The Bertz CT molecular complexity index is 868. The summed E-state index contributed by atoms with van der Waals surface area (Å²) in [5.41, 5.74) is 1.87. The van der Waals surface area contributed by atoms with Gasteiger partial charge in [0.2, 0.25) is 5.78 Å². The standard InChI is InChI=1S/C19H15ClO4/c1-11(21)10-23-16-8-7-14-18(22)17(24-19(14)12(16)2)9-13-5-3-4-6-15(13)20/h3-9H,10H2,1-2H3/b17-9-. The molecule has 4 nitrogen and oxygen atoms in total. The average Bonchev–Trinajstić information content (AvgIpc) is 2.86. The van der Waals surface area contributed by atoms with E-state index in [0.29, 0.717) is 33.2 Å². The van der Waals surface area contributed by atoms with Gasteiger partial charge >= 0.3 is 0 Å².